The lowest BCUT2D eigenvalue weighted by atomic mass is 9.89. The maximum Gasteiger partial charge on any atom is 0.416 e. The molecule has 25 heteroatoms. The first-order valence-corrected chi connectivity index (χ1v) is 22.6. The van der Waals surface area contributed by atoms with Crippen LogP contribution in [0.4, 0.5) is 38.0 Å². The number of likely N-dealkylation sites (tertiary alicyclic amines) is 1. The highest BCUT2D eigenvalue weighted by Crippen LogP contribution is 2.38. The summed E-state index contributed by atoms with van der Waals surface area (Å²) in [6.07, 6.45) is 1.20. The molecule has 0 saturated carbocycles. The number of piperidine rings is 2. The highest BCUT2D eigenvalue weighted by atomic mass is 35.5. The van der Waals surface area contributed by atoms with Gasteiger partial charge >= 0.3 is 18.3 Å². The molecular formula is C51H56Cl2F6N8O9. The molecule has 8 rings (SSSR count). The van der Waals surface area contributed by atoms with E-state index in [0.29, 0.717) is 64.4 Å². The lowest BCUT2D eigenvalue weighted by Crippen LogP contribution is -2.38. The van der Waals surface area contributed by atoms with Gasteiger partial charge in [-0.1, -0.05) is 24.3 Å². The number of alkyl halides is 6. The van der Waals surface area contributed by atoms with Gasteiger partial charge in [-0.05, 0) is 86.0 Å². The molecule has 0 radical (unpaired) electrons. The number of nitrogens with two attached hydrogens (primary N) is 2. The van der Waals surface area contributed by atoms with E-state index in [1.807, 2.05) is 6.20 Å². The third-order valence-corrected chi connectivity index (χ3v) is 11.9. The minimum atomic E-state index is -4.42. The maximum atomic E-state index is 13.1. The molecule has 17 nitrogen and oxygen atoms in total. The number of amides is 1. The van der Waals surface area contributed by atoms with Gasteiger partial charge in [0, 0.05) is 84.4 Å². The fourth-order valence-electron chi connectivity index (χ4n) is 8.14. The Hall–Kier alpha value is -7.63. The molecule has 2 aliphatic heterocycles. The molecular weight excluding hydrogens is 1050 g/mol. The second-order valence-corrected chi connectivity index (χ2v) is 16.4. The van der Waals surface area contributed by atoms with E-state index < -0.39 is 29.4 Å². The molecule has 6 aromatic rings. The third kappa shape index (κ3) is 16.7. The topological polar surface area (TPSA) is 247 Å². The van der Waals surface area contributed by atoms with Crippen LogP contribution < -0.4 is 35.7 Å². The van der Waals surface area contributed by atoms with Crippen molar-refractivity contribution >= 4 is 54.8 Å². The fraction of sp³-hybridized carbons (Fsp3) is 0.314. The number of pyridine rings is 4. The van der Waals surface area contributed by atoms with Gasteiger partial charge in [0.1, 0.15) is 40.3 Å². The van der Waals surface area contributed by atoms with Crippen LogP contribution in [0.5, 0.6) is 23.0 Å². The number of carboxylic acids is 1. The molecule has 0 atom stereocenters. The summed E-state index contributed by atoms with van der Waals surface area (Å²) >= 11 is 0. The van der Waals surface area contributed by atoms with Crippen molar-refractivity contribution in [1.29, 1.82) is 0 Å². The van der Waals surface area contributed by atoms with Crippen LogP contribution in [0.25, 0.3) is 22.3 Å². The summed E-state index contributed by atoms with van der Waals surface area (Å²) in [7, 11) is 6.05. The minimum absolute atomic E-state index is 0. The van der Waals surface area contributed by atoms with E-state index in [9.17, 15) is 35.9 Å². The number of anilines is 2. The predicted octanol–water partition coefficient (Wildman–Crippen LogP) is 9.94. The summed E-state index contributed by atoms with van der Waals surface area (Å²) in [5.74, 6) is 2.33. The van der Waals surface area contributed by atoms with Crippen molar-refractivity contribution < 1.29 is 69.9 Å². The zero-order valence-electron chi connectivity index (χ0n) is 41.4. The fourth-order valence-corrected chi connectivity index (χ4v) is 8.14. The molecule has 2 aromatic carbocycles. The number of halogens is 8. The number of nitrogen functional groups attached to an aromatic ring is 2. The number of ether oxygens (including phenoxy) is 4. The Labute approximate surface area is 445 Å². The molecule has 410 valence electrons. The number of carbonyl (C=O) groups is 3. The highest BCUT2D eigenvalue weighted by molar-refractivity contribution is 5.93. The van der Waals surface area contributed by atoms with Crippen molar-refractivity contribution in [3.05, 3.63) is 131 Å². The first-order chi connectivity index (χ1) is 35.3. The van der Waals surface area contributed by atoms with Crippen molar-refractivity contribution in [2.45, 2.75) is 49.9 Å². The van der Waals surface area contributed by atoms with Crippen molar-refractivity contribution in [2.24, 2.45) is 0 Å². The number of hydrogen-bond acceptors (Lipinski definition) is 14. The monoisotopic (exact) mass is 1110 g/mol. The van der Waals surface area contributed by atoms with Crippen LogP contribution in [0.1, 0.15) is 80.7 Å². The van der Waals surface area contributed by atoms with Gasteiger partial charge in [-0.15, -0.1) is 24.8 Å². The second kappa shape index (κ2) is 28.9. The Balaban J connectivity index is 0.000000315. The van der Waals surface area contributed by atoms with Gasteiger partial charge in [0.25, 0.3) is 12.4 Å². The summed E-state index contributed by atoms with van der Waals surface area (Å²) in [6, 6.07) is 15.4. The van der Waals surface area contributed by atoms with Crippen molar-refractivity contribution in [2.75, 3.05) is 66.1 Å². The number of aromatic carboxylic acids is 1. The van der Waals surface area contributed by atoms with E-state index >= 15 is 0 Å². The van der Waals surface area contributed by atoms with E-state index in [-0.39, 0.29) is 60.2 Å². The lowest BCUT2D eigenvalue weighted by molar-refractivity contribution is -0.138. The van der Waals surface area contributed by atoms with Crippen LogP contribution in [0.3, 0.4) is 0 Å². The van der Waals surface area contributed by atoms with Gasteiger partial charge in [0.2, 0.25) is 0 Å². The number of rotatable bonds is 10. The molecule has 2 fully saturated rings. The van der Waals surface area contributed by atoms with Crippen LogP contribution in [0.2, 0.25) is 0 Å². The Morgan fingerprint density at radius 2 is 0.974 bits per heavy atom. The van der Waals surface area contributed by atoms with Crippen molar-refractivity contribution in [1.82, 2.24) is 30.2 Å². The van der Waals surface area contributed by atoms with E-state index in [1.165, 1.54) is 68.6 Å². The normalized spacial score (nSPS) is 13.5. The number of hydrogen-bond donors (Lipinski definition) is 5. The average Bonchev–Trinajstić information content (AvgIpc) is 3.40. The lowest BCUT2D eigenvalue weighted by Gasteiger charge is -2.32. The SMILES string of the molecule is COc1cc(C(=O)N2CCC(c3cnc(N)cc3OC)CC2)ncc1-c1ccc(C(F)(F)F)cc1.COc1cc(C(=O)O)ncc1-c1ccc(C(F)(F)F)cc1.COc1cc(N)ncc1C1CCNCC1.Cl.Cl.O=CO. The van der Waals surface area contributed by atoms with Crippen molar-refractivity contribution in [3.63, 3.8) is 0 Å². The molecule has 76 heavy (non-hydrogen) atoms. The first-order valence-electron chi connectivity index (χ1n) is 22.6. The molecule has 0 bridgehead atoms. The Morgan fingerprint density at radius 3 is 1.34 bits per heavy atom. The molecule has 0 spiro atoms. The molecule has 6 heterocycles. The summed E-state index contributed by atoms with van der Waals surface area (Å²) in [5, 5.41) is 19.1. The summed E-state index contributed by atoms with van der Waals surface area (Å²) in [6.45, 7) is 2.94. The molecule has 2 saturated heterocycles. The van der Waals surface area contributed by atoms with Gasteiger partial charge in [0.05, 0.1) is 39.6 Å². The Kier molecular flexibility index (Phi) is 23.8. The second-order valence-electron chi connectivity index (χ2n) is 16.4. The Morgan fingerprint density at radius 1 is 0.605 bits per heavy atom. The highest BCUT2D eigenvalue weighted by Gasteiger charge is 2.32. The minimum Gasteiger partial charge on any atom is -0.496 e. The molecule has 1 amide bonds. The number of nitrogens with one attached hydrogen (secondary N) is 1. The van der Waals surface area contributed by atoms with Crippen LogP contribution >= 0.6 is 24.8 Å². The third-order valence-electron chi connectivity index (χ3n) is 11.9. The van der Waals surface area contributed by atoms with Gasteiger partial charge in [0.15, 0.2) is 5.69 Å². The number of benzene rings is 2. The van der Waals surface area contributed by atoms with Crippen molar-refractivity contribution in [3.8, 4) is 45.3 Å². The van der Waals surface area contributed by atoms with E-state index in [1.54, 1.807) is 37.4 Å². The van der Waals surface area contributed by atoms with Gasteiger partial charge in [-0.25, -0.2) is 19.7 Å². The standard InChI is InChI=1S/C25H25F3N4O3.C14H10F3NO3.C11H17N3O.CH2O2.2ClH/c1-34-21-11-20(30-13-18(21)15-3-5-17(6-4-15)25(26,27)28)24(33)32-9-7-16(8-10-32)19-14-31-23(29)12-22(19)35-2;1-21-12-6-11(13(19)20)18-7-10(12)8-2-4-9(5-3-8)14(15,16)17;1-15-10-6-11(12)14-7-9(10)8-2-4-13-5-3-8;2-1-3;;/h3-6,11-14,16H,7-10H2,1-2H3,(H2,29,31);2-7H,1H3,(H,19,20);6-8,13H,2-5H2,1H3,(H2,12,14);1H,(H,2,3);2*1H. The van der Waals surface area contributed by atoms with Gasteiger partial charge < -0.3 is 50.8 Å². The zero-order valence-corrected chi connectivity index (χ0v) is 43.0. The van der Waals surface area contributed by atoms with Crippen LogP contribution in [-0.2, 0) is 17.1 Å². The number of carbonyl (C=O) groups excluding carboxylic acids is 1. The average molecular weight is 1110 g/mol. The van der Waals surface area contributed by atoms with Crippen LogP contribution in [0.15, 0.2) is 97.6 Å². The zero-order chi connectivity index (χ0) is 54.2. The summed E-state index contributed by atoms with van der Waals surface area (Å²) < 4.78 is 97.4. The molecule has 2 aliphatic rings. The van der Waals surface area contributed by atoms with E-state index in [4.69, 9.17) is 45.4 Å². The number of aromatic nitrogens is 4. The number of carboxylic acid groups (broad SMARTS) is 2. The van der Waals surface area contributed by atoms with Gasteiger partial charge in [-0.3, -0.25) is 14.6 Å². The van der Waals surface area contributed by atoms with Crippen LogP contribution in [-0.4, -0.2) is 108 Å². The largest absolute Gasteiger partial charge is 0.496 e. The van der Waals surface area contributed by atoms with E-state index in [2.05, 4.69) is 25.3 Å². The summed E-state index contributed by atoms with van der Waals surface area (Å²) in [4.78, 5) is 50.4. The molecule has 0 unspecified atom stereocenters. The molecule has 7 N–H and O–H groups in total. The predicted molar refractivity (Wildman–Crippen MR) is 276 cm³/mol. The maximum absolute atomic E-state index is 13.1. The number of methoxy groups -OCH3 is 4. The van der Waals surface area contributed by atoms with E-state index in [0.717, 1.165) is 74.4 Å². The smallest absolute Gasteiger partial charge is 0.416 e. The Bertz CT molecular complexity index is 2840. The number of nitrogens with zero attached hydrogens (tertiary/aromatic N) is 5. The van der Waals surface area contributed by atoms with Gasteiger partial charge in [-0.2, -0.15) is 26.3 Å². The molecule has 0 aliphatic carbocycles. The molecule has 4 aromatic heterocycles. The quantitative estimate of drug-likeness (QED) is 0.0632. The summed E-state index contributed by atoms with van der Waals surface area (Å²) in [5.41, 5.74) is 13.9. The first kappa shape index (κ1) is 62.7. The van der Waals surface area contributed by atoms with Crippen LogP contribution in [0, 0.1) is 0 Å².